The smallest absolute Gasteiger partial charge is 0.414 e. The van der Waals surface area contributed by atoms with Crippen molar-refractivity contribution in [1.82, 2.24) is 19.9 Å². The van der Waals surface area contributed by atoms with Crippen molar-refractivity contribution in [2.24, 2.45) is 13.0 Å². The van der Waals surface area contributed by atoms with Crippen molar-refractivity contribution in [2.75, 3.05) is 39.5 Å². The lowest BCUT2D eigenvalue weighted by Crippen LogP contribution is -2.37. The topological polar surface area (TPSA) is 70.4 Å². The number of fused-ring (bicyclic) bond motifs is 3. The van der Waals surface area contributed by atoms with E-state index < -0.39 is 12.3 Å². The van der Waals surface area contributed by atoms with E-state index >= 15 is 0 Å². The van der Waals surface area contributed by atoms with Crippen LogP contribution in [0.2, 0.25) is 0 Å². The minimum atomic E-state index is -4.34. The van der Waals surface area contributed by atoms with Crippen molar-refractivity contribution in [3.8, 4) is 17.0 Å². The number of nitrogens with zero attached hydrogens (tertiary/aromatic N) is 3. The van der Waals surface area contributed by atoms with Crippen LogP contribution >= 0.6 is 0 Å². The molecule has 1 atom stereocenters. The molecule has 5 rings (SSSR count). The van der Waals surface area contributed by atoms with Gasteiger partial charge in [0, 0.05) is 60.2 Å². The van der Waals surface area contributed by atoms with Gasteiger partial charge in [-0.25, -0.2) is 4.98 Å². The van der Waals surface area contributed by atoms with Crippen LogP contribution in [0.1, 0.15) is 38.5 Å². The normalized spacial score (nSPS) is 15.4. The first kappa shape index (κ1) is 30.3. The Kier molecular flexibility index (Phi) is 10.3. The second-order valence-electron chi connectivity index (χ2n) is 10.9. The van der Waals surface area contributed by atoms with Crippen LogP contribution in [-0.2, 0) is 16.5 Å². The standard InChI is InChI=1S/C32H39F3N4O3/c1-39-28-11-14-37-22-27(28)26-7-5-24(20-29(26)39)25-6-8-31(38-21-25)42-16-4-2-3-15-40-17-18-41-30(32(33,34)35)19-23-9-12-36-13-10-23/h5-8,11,14,20-23,30,36H,2-4,9-10,12-13,15-19H2,1H3. The Morgan fingerprint density at radius 3 is 2.50 bits per heavy atom. The first-order chi connectivity index (χ1) is 20.4. The number of piperidine rings is 1. The minimum absolute atomic E-state index is 0.0295. The van der Waals surface area contributed by atoms with Crippen LogP contribution in [-0.4, -0.2) is 66.3 Å². The lowest BCUT2D eigenvalue weighted by atomic mass is 9.92. The molecule has 0 saturated carbocycles. The number of hydrogen-bond donors (Lipinski definition) is 1. The molecule has 0 spiro atoms. The first-order valence-electron chi connectivity index (χ1n) is 14.8. The zero-order valence-corrected chi connectivity index (χ0v) is 24.0. The largest absolute Gasteiger partial charge is 0.478 e. The number of benzene rings is 1. The average Bonchev–Trinajstić information content (AvgIpc) is 3.29. The van der Waals surface area contributed by atoms with E-state index in [9.17, 15) is 13.2 Å². The summed E-state index contributed by atoms with van der Waals surface area (Å²) in [6, 6.07) is 12.3. The summed E-state index contributed by atoms with van der Waals surface area (Å²) in [5.74, 6) is 0.630. The van der Waals surface area contributed by atoms with E-state index in [1.165, 1.54) is 5.39 Å². The van der Waals surface area contributed by atoms with E-state index in [1.54, 1.807) is 0 Å². The lowest BCUT2D eigenvalue weighted by Gasteiger charge is -2.28. The number of halogens is 3. The zero-order chi connectivity index (χ0) is 29.4. The number of unbranched alkanes of at least 4 members (excludes halogenated alkanes) is 2. The molecule has 1 unspecified atom stereocenters. The lowest BCUT2D eigenvalue weighted by molar-refractivity contribution is -0.228. The van der Waals surface area contributed by atoms with Crippen LogP contribution in [0.3, 0.4) is 0 Å². The Bertz CT molecular complexity index is 1420. The summed E-state index contributed by atoms with van der Waals surface area (Å²) >= 11 is 0. The number of aryl methyl sites for hydroxylation is 1. The SMILES string of the molecule is Cn1c2ccncc2c2ccc(-c3ccc(OCCCCCOCCOC(CC4CCNCC4)C(F)(F)F)nc3)cc21. The molecule has 0 amide bonds. The molecule has 4 heterocycles. The fraction of sp³-hybridized carbons (Fsp3) is 0.500. The molecule has 3 aromatic heterocycles. The molecule has 4 aromatic rings. The molecular weight excluding hydrogens is 545 g/mol. The number of nitrogens with one attached hydrogen (secondary N) is 1. The fourth-order valence-corrected chi connectivity index (χ4v) is 5.60. The van der Waals surface area contributed by atoms with Crippen LogP contribution in [0.4, 0.5) is 13.2 Å². The number of ether oxygens (including phenoxy) is 3. The molecule has 1 aliphatic rings. The van der Waals surface area contributed by atoms with Gasteiger partial charge in [0.15, 0.2) is 6.10 Å². The predicted molar refractivity (Wildman–Crippen MR) is 158 cm³/mol. The van der Waals surface area contributed by atoms with Gasteiger partial charge in [-0.1, -0.05) is 12.1 Å². The average molecular weight is 585 g/mol. The second kappa shape index (κ2) is 14.3. The maximum atomic E-state index is 13.3. The molecule has 1 aromatic carbocycles. The molecule has 1 fully saturated rings. The maximum Gasteiger partial charge on any atom is 0.414 e. The Morgan fingerprint density at radius 2 is 1.71 bits per heavy atom. The van der Waals surface area contributed by atoms with E-state index in [0.29, 0.717) is 19.1 Å². The third kappa shape index (κ3) is 7.79. The molecule has 42 heavy (non-hydrogen) atoms. The number of hydrogen-bond acceptors (Lipinski definition) is 6. The van der Waals surface area contributed by atoms with Crippen LogP contribution in [0.15, 0.2) is 55.0 Å². The Balaban J connectivity index is 0.970. The van der Waals surface area contributed by atoms with Crippen LogP contribution in [0, 0.1) is 5.92 Å². The van der Waals surface area contributed by atoms with Crippen LogP contribution < -0.4 is 10.1 Å². The molecule has 1 saturated heterocycles. The third-order valence-electron chi connectivity index (χ3n) is 7.98. The summed E-state index contributed by atoms with van der Waals surface area (Å²) in [5.41, 5.74) is 4.39. The monoisotopic (exact) mass is 584 g/mol. The molecule has 1 N–H and O–H groups in total. The van der Waals surface area contributed by atoms with Crippen molar-refractivity contribution in [2.45, 2.75) is 50.8 Å². The molecule has 10 heteroatoms. The highest BCUT2D eigenvalue weighted by Crippen LogP contribution is 2.32. The third-order valence-corrected chi connectivity index (χ3v) is 7.98. The van der Waals surface area contributed by atoms with Crippen molar-refractivity contribution < 1.29 is 27.4 Å². The van der Waals surface area contributed by atoms with Crippen LogP contribution in [0.5, 0.6) is 5.88 Å². The van der Waals surface area contributed by atoms with E-state index in [0.717, 1.165) is 72.7 Å². The Morgan fingerprint density at radius 1 is 0.905 bits per heavy atom. The second-order valence-corrected chi connectivity index (χ2v) is 10.9. The highest BCUT2D eigenvalue weighted by molar-refractivity contribution is 6.08. The molecule has 226 valence electrons. The van der Waals surface area contributed by atoms with Gasteiger partial charge in [-0.05, 0) is 81.3 Å². The van der Waals surface area contributed by atoms with Crippen LogP contribution in [0.25, 0.3) is 32.9 Å². The minimum Gasteiger partial charge on any atom is -0.478 e. The predicted octanol–water partition coefficient (Wildman–Crippen LogP) is 6.69. The van der Waals surface area contributed by atoms with Gasteiger partial charge in [-0.15, -0.1) is 0 Å². The van der Waals surface area contributed by atoms with E-state index in [2.05, 4.69) is 45.1 Å². The Hall–Kier alpha value is -3.21. The molecule has 0 bridgehead atoms. The number of rotatable bonds is 14. The van der Waals surface area contributed by atoms with Gasteiger partial charge in [-0.3, -0.25) is 4.98 Å². The number of aromatic nitrogens is 3. The summed E-state index contributed by atoms with van der Waals surface area (Å²) in [7, 11) is 2.06. The van der Waals surface area contributed by atoms with E-state index in [4.69, 9.17) is 14.2 Å². The van der Waals surface area contributed by atoms with Crippen molar-refractivity contribution >= 4 is 21.8 Å². The van der Waals surface area contributed by atoms with Gasteiger partial charge in [0.05, 0.1) is 25.3 Å². The van der Waals surface area contributed by atoms with Gasteiger partial charge in [0.1, 0.15) is 0 Å². The zero-order valence-electron chi connectivity index (χ0n) is 24.0. The van der Waals surface area contributed by atoms with Crippen molar-refractivity contribution in [3.05, 3.63) is 55.0 Å². The van der Waals surface area contributed by atoms with Gasteiger partial charge >= 0.3 is 6.18 Å². The fourth-order valence-electron chi connectivity index (χ4n) is 5.60. The van der Waals surface area contributed by atoms with Crippen molar-refractivity contribution in [1.29, 1.82) is 0 Å². The first-order valence-corrected chi connectivity index (χ1v) is 14.8. The summed E-state index contributed by atoms with van der Waals surface area (Å²) in [6.45, 7) is 2.68. The molecule has 0 aliphatic carbocycles. The Labute approximate surface area is 244 Å². The summed E-state index contributed by atoms with van der Waals surface area (Å²) in [6.07, 6.45) is 3.57. The number of pyridine rings is 2. The van der Waals surface area contributed by atoms with Gasteiger partial charge in [0.2, 0.25) is 5.88 Å². The highest BCUT2D eigenvalue weighted by Gasteiger charge is 2.41. The quantitative estimate of drug-likeness (QED) is 0.167. The van der Waals surface area contributed by atoms with E-state index in [-0.39, 0.29) is 25.6 Å². The molecule has 0 radical (unpaired) electrons. The van der Waals surface area contributed by atoms with Gasteiger partial charge in [-0.2, -0.15) is 13.2 Å². The number of alkyl halides is 3. The molecule has 7 nitrogen and oxygen atoms in total. The van der Waals surface area contributed by atoms with Gasteiger partial charge < -0.3 is 24.1 Å². The summed E-state index contributed by atoms with van der Waals surface area (Å²) in [4.78, 5) is 8.74. The maximum absolute atomic E-state index is 13.3. The summed E-state index contributed by atoms with van der Waals surface area (Å²) in [5, 5.41) is 5.50. The molecular formula is C32H39F3N4O3. The van der Waals surface area contributed by atoms with Gasteiger partial charge in [0.25, 0.3) is 0 Å². The summed E-state index contributed by atoms with van der Waals surface area (Å²) < 4.78 is 58.7. The highest BCUT2D eigenvalue weighted by atomic mass is 19.4. The van der Waals surface area contributed by atoms with E-state index in [1.807, 2.05) is 36.8 Å². The van der Waals surface area contributed by atoms with Crippen molar-refractivity contribution in [3.63, 3.8) is 0 Å². The molecule has 1 aliphatic heterocycles.